The van der Waals surface area contributed by atoms with Gasteiger partial charge in [0.25, 0.3) is 5.56 Å². The number of aliphatic hydroxyl groups excluding tert-OH is 2. The fourth-order valence-electron chi connectivity index (χ4n) is 2.10. The maximum Gasteiger partial charge on any atom is 0.280 e. The largest absolute Gasteiger partial charge is 0.394 e. The highest BCUT2D eigenvalue weighted by atomic mass is 19.1. The summed E-state index contributed by atoms with van der Waals surface area (Å²) in [5.41, 5.74) is 4.88. The molecule has 0 amide bonds. The molecule has 0 aromatic carbocycles. The Bertz CT molecular complexity index is 668. The number of H-pyrrole nitrogens is 1. The zero-order valence-electron chi connectivity index (χ0n) is 11.2. The second-order valence-electron chi connectivity index (χ2n) is 4.46. The number of aromatic nitrogens is 4. The van der Waals surface area contributed by atoms with Crippen molar-refractivity contribution >= 4 is 17.1 Å². The molecule has 2 aromatic heterocycles. The first-order valence-electron chi connectivity index (χ1n) is 6.13. The van der Waals surface area contributed by atoms with Gasteiger partial charge in [0, 0.05) is 7.11 Å². The lowest BCUT2D eigenvalue weighted by molar-refractivity contribution is -0.0734. The van der Waals surface area contributed by atoms with E-state index >= 15 is 0 Å². The molecule has 0 saturated heterocycles. The summed E-state index contributed by atoms with van der Waals surface area (Å²) in [6, 6.07) is 0. The number of nitrogen functional groups attached to an aromatic ring is 1. The molecular weight excluding hydrogens is 285 g/mol. The Labute approximate surface area is 118 Å². The second kappa shape index (κ2) is 6.16. The van der Waals surface area contributed by atoms with Crippen LogP contribution in [0.2, 0.25) is 0 Å². The summed E-state index contributed by atoms with van der Waals surface area (Å²) in [5, 5.41) is 19.4. The van der Waals surface area contributed by atoms with E-state index in [9.17, 15) is 14.3 Å². The maximum atomic E-state index is 13.2. The fourth-order valence-corrected chi connectivity index (χ4v) is 2.10. The minimum atomic E-state index is -1.43. The monoisotopic (exact) mass is 301 g/mol. The molecule has 0 saturated carbocycles. The van der Waals surface area contributed by atoms with Crippen molar-refractivity contribution < 1.29 is 19.3 Å². The van der Waals surface area contributed by atoms with Gasteiger partial charge in [0.2, 0.25) is 5.95 Å². The van der Waals surface area contributed by atoms with E-state index in [0.29, 0.717) is 0 Å². The van der Waals surface area contributed by atoms with Gasteiger partial charge >= 0.3 is 0 Å². The van der Waals surface area contributed by atoms with Gasteiger partial charge in [-0.25, -0.2) is 4.98 Å². The van der Waals surface area contributed by atoms with Gasteiger partial charge in [0.05, 0.1) is 31.6 Å². The van der Waals surface area contributed by atoms with E-state index in [1.807, 2.05) is 0 Å². The van der Waals surface area contributed by atoms with Gasteiger partial charge < -0.3 is 20.7 Å². The van der Waals surface area contributed by atoms with Gasteiger partial charge in [0.1, 0.15) is 6.23 Å². The van der Waals surface area contributed by atoms with Crippen molar-refractivity contribution in [1.82, 2.24) is 19.5 Å². The molecular formula is C11H16FN5O4. The van der Waals surface area contributed by atoms with E-state index in [1.165, 1.54) is 7.11 Å². The van der Waals surface area contributed by atoms with E-state index in [0.717, 1.165) is 10.9 Å². The molecule has 2 rings (SSSR count). The Morgan fingerprint density at radius 2 is 2.33 bits per heavy atom. The summed E-state index contributed by atoms with van der Waals surface area (Å²) in [7, 11) is 1.29. The number of fused-ring (bicyclic) bond motifs is 1. The number of halogens is 1. The lowest BCUT2D eigenvalue weighted by Gasteiger charge is -2.27. The van der Waals surface area contributed by atoms with Crippen LogP contribution in [-0.2, 0) is 4.74 Å². The molecule has 0 aliphatic rings. The molecule has 10 heteroatoms. The van der Waals surface area contributed by atoms with Crippen LogP contribution in [-0.4, -0.2) is 56.2 Å². The predicted octanol–water partition coefficient (Wildman–Crippen LogP) is -1.21. The summed E-state index contributed by atoms with van der Waals surface area (Å²) in [6.45, 7) is -1.41. The highest BCUT2D eigenvalue weighted by Gasteiger charge is 2.31. The number of aromatic amines is 1. The number of nitrogens with one attached hydrogen (secondary N) is 1. The molecule has 0 aliphatic heterocycles. The summed E-state index contributed by atoms with van der Waals surface area (Å²) in [5.74, 6) is -1.21. The van der Waals surface area contributed by atoms with E-state index < -0.39 is 37.1 Å². The molecule has 116 valence electrons. The average molecular weight is 301 g/mol. The van der Waals surface area contributed by atoms with Crippen molar-refractivity contribution in [3.05, 3.63) is 16.7 Å². The molecule has 9 nitrogen and oxygen atoms in total. The number of alkyl halides is 1. The van der Waals surface area contributed by atoms with Gasteiger partial charge in [-0.2, -0.15) is 4.98 Å². The first kappa shape index (κ1) is 15.4. The van der Waals surface area contributed by atoms with Crippen molar-refractivity contribution in [3.63, 3.8) is 0 Å². The molecule has 0 aliphatic carbocycles. The van der Waals surface area contributed by atoms with Crippen LogP contribution in [0.1, 0.15) is 6.23 Å². The number of aliphatic hydroxyl groups is 2. The molecule has 0 fully saturated rings. The average Bonchev–Trinajstić information content (AvgIpc) is 2.87. The van der Waals surface area contributed by atoms with Crippen LogP contribution in [0.15, 0.2) is 11.1 Å². The lowest BCUT2D eigenvalue weighted by atomic mass is 10.0. The maximum absolute atomic E-state index is 13.2. The van der Waals surface area contributed by atoms with Gasteiger partial charge in [-0.05, 0) is 0 Å². The summed E-state index contributed by atoms with van der Waals surface area (Å²) < 4.78 is 19.2. The smallest absolute Gasteiger partial charge is 0.280 e. The van der Waals surface area contributed by atoms with Crippen molar-refractivity contribution in [1.29, 1.82) is 0 Å². The Hall–Kier alpha value is -2.04. The Kier molecular flexibility index (Phi) is 4.50. The molecule has 0 bridgehead atoms. The Balaban J connectivity index is 2.47. The van der Waals surface area contributed by atoms with Crippen molar-refractivity contribution in [2.24, 2.45) is 5.92 Å². The van der Waals surface area contributed by atoms with Crippen LogP contribution in [0, 0.1) is 5.92 Å². The minimum absolute atomic E-state index is 0.0231. The first-order valence-corrected chi connectivity index (χ1v) is 6.13. The standard InChI is InChI=1S/C11H16FN5O4/c1-21-6(3-18)5(2-12)10(20)17-4-14-7-8(17)15-11(13)16-9(7)19/h4-6,10,18,20H,2-3H2,1H3,(H3,13,15,16,19)/t5-,6-,10-/m1/s1. The van der Waals surface area contributed by atoms with E-state index in [-0.39, 0.29) is 17.1 Å². The number of imidazole rings is 1. The van der Waals surface area contributed by atoms with Crippen molar-refractivity contribution in [2.75, 3.05) is 26.1 Å². The van der Waals surface area contributed by atoms with Gasteiger partial charge in [-0.15, -0.1) is 0 Å². The van der Waals surface area contributed by atoms with Crippen LogP contribution in [0.3, 0.4) is 0 Å². The highest BCUT2D eigenvalue weighted by molar-refractivity contribution is 5.70. The number of rotatable bonds is 6. The predicted molar refractivity (Wildman–Crippen MR) is 71.2 cm³/mol. The number of nitrogens with two attached hydrogens (primary N) is 1. The van der Waals surface area contributed by atoms with E-state index in [4.69, 9.17) is 15.6 Å². The van der Waals surface area contributed by atoms with Crippen molar-refractivity contribution in [3.8, 4) is 0 Å². The molecule has 3 atom stereocenters. The topological polar surface area (TPSA) is 139 Å². The molecule has 2 heterocycles. The fraction of sp³-hybridized carbons (Fsp3) is 0.545. The zero-order valence-corrected chi connectivity index (χ0v) is 11.2. The number of hydrogen-bond donors (Lipinski definition) is 4. The zero-order chi connectivity index (χ0) is 15.6. The third-order valence-electron chi connectivity index (χ3n) is 3.26. The van der Waals surface area contributed by atoms with Crippen LogP contribution in [0.25, 0.3) is 11.2 Å². The first-order chi connectivity index (χ1) is 10.0. The van der Waals surface area contributed by atoms with Crippen LogP contribution < -0.4 is 11.3 Å². The normalized spacial score (nSPS) is 16.0. The second-order valence-corrected chi connectivity index (χ2v) is 4.46. The van der Waals surface area contributed by atoms with Gasteiger partial charge in [-0.1, -0.05) is 0 Å². The highest BCUT2D eigenvalue weighted by Crippen LogP contribution is 2.24. The molecule has 0 spiro atoms. The van der Waals surface area contributed by atoms with Gasteiger partial charge in [0.15, 0.2) is 11.2 Å². The van der Waals surface area contributed by atoms with Crippen LogP contribution >= 0.6 is 0 Å². The SMILES string of the molecule is CO[C@H](CO)[C@@H](CF)[C@@H](O)n1cnc2c(=O)[nH]c(N)nc21. The van der Waals surface area contributed by atoms with Crippen LogP contribution in [0.5, 0.6) is 0 Å². The van der Waals surface area contributed by atoms with E-state index in [1.54, 1.807) is 0 Å². The number of nitrogens with zero attached hydrogens (tertiary/aromatic N) is 3. The molecule has 21 heavy (non-hydrogen) atoms. The quantitative estimate of drug-likeness (QED) is 0.524. The molecule has 5 N–H and O–H groups in total. The number of methoxy groups -OCH3 is 1. The minimum Gasteiger partial charge on any atom is -0.394 e. The lowest BCUT2D eigenvalue weighted by Crippen LogP contribution is -2.35. The molecule has 2 aromatic rings. The molecule has 0 radical (unpaired) electrons. The third kappa shape index (κ3) is 2.73. The Morgan fingerprint density at radius 1 is 1.62 bits per heavy atom. The number of hydrogen-bond acceptors (Lipinski definition) is 7. The molecule has 0 unspecified atom stereocenters. The third-order valence-corrected chi connectivity index (χ3v) is 3.26. The number of anilines is 1. The van der Waals surface area contributed by atoms with Gasteiger partial charge in [-0.3, -0.25) is 18.7 Å². The Morgan fingerprint density at radius 3 is 2.90 bits per heavy atom. The summed E-state index contributed by atoms with van der Waals surface area (Å²) in [6.07, 6.45) is -1.18. The van der Waals surface area contributed by atoms with Crippen molar-refractivity contribution in [2.45, 2.75) is 12.3 Å². The summed E-state index contributed by atoms with van der Waals surface area (Å²) in [4.78, 5) is 21.6. The summed E-state index contributed by atoms with van der Waals surface area (Å²) >= 11 is 0. The van der Waals surface area contributed by atoms with E-state index in [2.05, 4.69) is 15.0 Å². The number of ether oxygens (including phenoxy) is 1. The van der Waals surface area contributed by atoms with Crippen LogP contribution in [0.4, 0.5) is 10.3 Å².